The molecule has 0 unspecified atom stereocenters. The lowest BCUT2D eigenvalue weighted by molar-refractivity contribution is 0.0594. The van der Waals surface area contributed by atoms with E-state index in [9.17, 15) is 9.59 Å². The van der Waals surface area contributed by atoms with Crippen LogP contribution in [0.5, 0.6) is 0 Å². The van der Waals surface area contributed by atoms with E-state index in [1.54, 1.807) is 10.3 Å². The van der Waals surface area contributed by atoms with Gasteiger partial charge in [0.2, 0.25) is 0 Å². The van der Waals surface area contributed by atoms with E-state index in [-0.39, 0.29) is 11.7 Å². The summed E-state index contributed by atoms with van der Waals surface area (Å²) in [5.41, 5.74) is 2.21. The van der Waals surface area contributed by atoms with Gasteiger partial charge in [-0.05, 0) is 37.5 Å². The monoisotopic (exact) mass is 405 g/mol. The molecule has 0 aliphatic rings. The Morgan fingerprint density at radius 2 is 1.96 bits per heavy atom. The highest BCUT2D eigenvalue weighted by atomic mass is 32.1. The van der Waals surface area contributed by atoms with Crippen LogP contribution in [0.3, 0.4) is 0 Å². The number of carbonyl (C=O) groups is 2. The first kappa shape index (κ1) is 21.8. The van der Waals surface area contributed by atoms with Gasteiger partial charge in [-0.2, -0.15) is 0 Å². The molecule has 2 rings (SSSR count). The van der Waals surface area contributed by atoms with Crippen molar-refractivity contribution in [2.45, 2.75) is 33.2 Å². The van der Waals surface area contributed by atoms with Gasteiger partial charge in [-0.25, -0.2) is 14.6 Å². The fourth-order valence-corrected chi connectivity index (χ4v) is 3.30. The third kappa shape index (κ3) is 6.61. The second-order valence-electron chi connectivity index (χ2n) is 6.07. The van der Waals surface area contributed by atoms with Gasteiger partial charge in [0.15, 0.2) is 5.69 Å². The van der Waals surface area contributed by atoms with Crippen molar-refractivity contribution in [2.75, 3.05) is 32.2 Å². The molecule has 8 heteroatoms. The lowest BCUT2D eigenvalue weighted by Gasteiger charge is -2.22. The van der Waals surface area contributed by atoms with Gasteiger partial charge in [0.25, 0.3) is 0 Å². The molecule has 0 radical (unpaired) electrons. The summed E-state index contributed by atoms with van der Waals surface area (Å²) < 4.78 is 10.1. The molecule has 0 aliphatic carbocycles. The predicted molar refractivity (Wildman–Crippen MR) is 110 cm³/mol. The number of anilines is 1. The summed E-state index contributed by atoms with van der Waals surface area (Å²) in [5.74, 6) is -0.481. The van der Waals surface area contributed by atoms with Crippen LogP contribution in [0.1, 0.15) is 41.3 Å². The van der Waals surface area contributed by atoms with Crippen LogP contribution in [-0.2, 0) is 22.4 Å². The first-order valence-corrected chi connectivity index (χ1v) is 10.2. The van der Waals surface area contributed by atoms with E-state index in [0.717, 1.165) is 12.1 Å². The second kappa shape index (κ2) is 11.4. The van der Waals surface area contributed by atoms with Crippen molar-refractivity contribution in [1.29, 1.82) is 0 Å². The first-order chi connectivity index (χ1) is 13.6. The number of nitrogens with one attached hydrogen (secondary N) is 1. The number of urea groups is 1. The molecule has 0 fully saturated rings. The molecule has 28 heavy (non-hydrogen) atoms. The van der Waals surface area contributed by atoms with Gasteiger partial charge in [0.05, 0.1) is 13.7 Å². The van der Waals surface area contributed by atoms with Crippen LogP contribution in [-0.4, -0.2) is 48.8 Å². The van der Waals surface area contributed by atoms with Gasteiger partial charge >= 0.3 is 12.0 Å². The summed E-state index contributed by atoms with van der Waals surface area (Å²) in [6, 6.07) is 7.58. The Balaban J connectivity index is 2.04. The number of amides is 2. The highest BCUT2D eigenvalue weighted by Gasteiger charge is 2.18. The molecule has 1 aromatic heterocycles. The second-order valence-corrected chi connectivity index (χ2v) is 7.01. The summed E-state index contributed by atoms with van der Waals surface area (Å²) in [4.78, 5) is 30.3. The van der Waals surface area contributed by atoms with E-state index in [2.05, 4.69) is 22.0 Å². The molecule has 0 saturated heterocycles. The van der Waals surface area contributed by atoms with Crippen molar-refractivity contribution in [3.63, 3.8) is 0 Å². The number of rotatable bonds is 10. The van der Waals surface area contributed by atoms with Gasteiger partial charge in [-0.15, -0.1) is 11.3 Å². The number of hydrogen-bond acceptors (Lipinski definition) is 6. The van der Waals surface area contributed by atoms with Gasteiger partial charge in [0, 0.05) is 30.8 Å². The predicted octanol–water partition coefficient (Wildman–Crippen LogP) is 3.95. The van der Waals surface area contributed by atoms with E-state index in [1.165, 1.54) is 24.0 Å². The summed E-state index contributed by atoms with van der Waals surface area (Å²) in [6.07, 6.45) is 1.66. The zero-order valence-electron chi connectivity index (χ0n) is 16.6. The fraction of sp³-hybridized carbons (Fsp3) is 0.450. The van der Waals surface area contributed by atoms with Crippen LogP contribution in [0.2, 0.25) is 0 Å². The summed E-state index contributed by atoms with van der Waals surface area (Å²) >= 11 is 1.33. The van der Waals surface area contributed by atoms with Crippen LogP contribution in [0, 0.1) is 0 Å². The number of hydrogen-bond donors (Lipinski definition) is 1. The van der Waals surface area contributed by atoms with Crippen molar-refractivity contribution in [3.05, 3.63) is 45.9 Å². The zero-order chi connectivity index (χ0) is 20.4. The Morgan fingerprint density at radius 3 is 2.61 bits per heavy atom. The summed E-state index contributed by atoms with van der Waals surface area (Å²) in [7, 11) is 1.32. The molecule has 0 bridgehead atoms. The van der Waals surface area contributed by atoms with Crippen molar-refractivity contribution in [2.24, 2.45) is 0 Å². The van der Waals surface area contributed by atoms with Gasteiger partial charge in [-0.1, -0.05) is 19.1 Å². The van der Waals surface area contributed by atoms with Crippen LogP contribution in [0.25, 0.3) is 0 Å². The molecular weight excluding hydrogens is 378 g/mol. The Kier molecular flexibility index (Phi) is 8.90. The highest BCUT2D eigenvalue weighted by Crippen LogP contribution is 2.16. The van der Waals surface area contributed by atoms with Crippen LogP contribution >= 0.6 is 11.3 Å². The molecular formula is C20H27N3O4S. The Labute approximate surface area is 169 Å². The van der Waals surface area contributed by atoms with E-state index >= 15 is 0 Å². The van der Waals surface area contributed by atoms with Crippen LogP contribution in [0.15, 0.2) is 29.6 Å². The molecule has 2 aromatic rings. The molecule has 2 amide bonds. The first-order valence-electron chi connectivity index (χ1n) is 9.32. The molecule has 0 saturated carbocycles. The smallest absolute Gasteiger partial charge is 0.357 e. The highest BCUT2D eigenvalue weighted by molar-refractivity contribution is 7.09. The average Bonchev–Trinajstić information content (AvgIpc) is 3.18. The fourth-order valence-electron chi connectivity index (χ4n) is 2.53. The average molecular weight is 406 g/mol. The van der Waals surface area contributed by atoms with E-state index in [4.69, 9.17) is 4.74 Å². The molecule has 152 valence electrons. The molecule has 0 spiro atoms. The van der Waals surface area contributed by atoms with E-state index < -0.39 is 5.97 Å². The topological polar surface area (TPSA) is 80.8 Å². The third-order valence-corrected chi connectivity index (χ3v) is 4.93. The largest absolute Gasteiger partial charge is 0.464 e. The van der Waals surface area contributed by atoms with Gasteiger partial charge in [-0.3, -0.25) is 0 Å². The number of thiazole rings is 1. The number of benzene rings is 1. The number of aromatic nitrogens is 1. The minimum Gasteiger partial charge on any atom is -0.464 e. The summed E-state index contributed by atoms with van der Waals surface area (Å²) in [5, 5.41) is 5.24. The van der Waals surface area contributed by atoms with Crippen LogP contribution < -0.4 is 5.32 Å². The molecule has 0 atom stereocenters. The van der Waals surface area contributed by atoms with Crippen molar-refractivity contribution < 1.29 is 19.1 Å². The number of nitrogens with zero attached hydrogens (tertiary/aromatic N) is 2. The van der Waals surface area contributed by atoms with Gasteiger partial charge in [0.1, 0.15) is 5.01 Å². The van der Waals surface area contributed by atoms with Crippen molar-refractivity contribution >= 4 is 29.0 Å². The summed E-state index contributed by atoms with van der Waals surface area (Å²) in [6.45, 7) is 6.08. The lowest BCUT2D eigenvalue weighted by atomic mass is 10.1. The maximum absolute atomic E-state index is 12.8. The van der Waals surface area contributed by atoms with E-state index in [0.29, 0.717) is 37.7 Å². The lowest BCUT2D eigenvalue weighted by Crippen LogP contribution is -2.35. The number of methoxy groups -OCH3 is 1. The maximum atomic E-state index is 12.8. The van der Waals surface area contributed by atoms with Crippen molar-refractivity contribution in [3.8, 4) is 0 Å². The normalized spacial score (nSPS) is 10.5. The molecule has 1 heterocycles. The minimum absolute atomic E-state index is 0.212. The van der Waals surface area contributed by atoms with E-state index in [1.807, 2.05) is 31.2 Å². The molecule has 7 nitrogen and oxygen atoms in total. The SMILES string of the molecule is CCOCCCN(Cc1nc(C(=O)OC)cs1)C(=O)Nc1ccc(CC)cc1. The van der Waals surface area contributed by atoms with Crippen molar-refractivity contribution in [1.82, 2.24) is 9.88 Å². The quantitative estimate of drug-likeness (QED) is 0.478. The Hall–Kier alpha value is -2.45. The molecule has 1 N–H and O–H groups in total. The maximum Gasteiger partial charge on any atom is 0.357 e. The van der Waals surface area contributed by atoms with Crippen LogP contribution in [0.4, 0.5) is 10.5 Å². The third-order valence-electron chi connectivity index (χ3n) is 4.09. The molecule has 0 aliphatic heterocycles. The Morgan fingerprint density at radius 1 is 1.21 bits per heavy atom. The minimum atomic E-state index is -0.481. The number of esters is 1. The number of ether oxygens (including phenoxy) is 2. The number of aryl methyl sites for hydroxylation is 1. The van der Waals surface area contributed by atoms with Gasteiger partial charge < -0.3 is 19.7 Å². The molecule has 1 aromatic carbocycles. The Bertz CT molecular complexity index is 761. The number of carbonyl (C=O) groups excluding carboxylic acids is 2. The zero-order valence-corrected chi connectivity index (χ0v) is 17.4. The standard InChI is InChI=1S/C20H27N3O4S/c1-4-15-7-9-16(10-8-15)21-20(25)23(11-6-12-27-5-2)13-18-22-17(14-28-18)19(24)26-3/h7-10,14H,4-6,11-13H2,1-3H3,(H,21,25).